The maximum atomic E-state index is 13.2. The first-order valence-corrected chi connectivity index (χ1v) is 14.1. The van der Waals surface area contributed by atoms with Crippen molar-refractivity contribution in [2.24, 2.45) is 0 Å². The van der Waals surface area contributed by atoms with Crippen LogP contribution < -0.4 is 14.8 Å². The molecule has 1 fully saturated rings. The lowest BCUT2D eigenvalue weighted by Crippen LogP contribution is -2.46. The number of amides is 2. The van der Waals surface area contributed by atoms with E-state index in [1.165, 1.54) is 18.2 Å². The number of urea groups is 1. The number of halogens is 2. The molecule has 5 rings (SSSR count). The highest BCUT2D eigenvalue weighted by Gasteiger charge is 2.60. The van der Waals surface area contributed by atoms with Gasteiger partial charge in [0, 0.05) is 24.0 Å². The lowest BCUT2D eigenvalue weighted by molar-refractivity contribution is 0.239. The molecule has 0 bridgehead atoms. The van der Waals surface area contributed by atoms with Gasteiger partial charge in [-0.15, -0.1) is 0 Å². The van der Waals surface area contributed by atoms with Crippen LogP contribution in [-0.2, 0) is 15.6 Å². The number of imidazole rings is 1. The van der Waals surface area contributed by atoms with Crippen LogP contribution in [-0.4, -0.2) is 30.6 Å². The molecule has 8 nitrogen and oxygen atoms in total. The van der Waals surface area contributed by atoms with Crippen LogP contribution >= 0.6 is 23.2 Å². The molecule has 4 aromatic rings. The van der Waals surface area contributed by atoms with Crippen molar-refractivity contribution in [2.75, 3.05) is 6.61 Å². The highest BCUT2D eigenvalue weighted by molar-refractivity contribution is 7.90. The highest BCUT2D eigenvalue weighted by Crippen LogP contribution is 2.58. The monoisotopic (exact) mass is 570 g/mol. The number of ether oxygens (including phenoxy) is 1. The molecule has 0 radical (unpaired) electrons. The SMILES string of the molecule is CCOc1ccc(-n2ccnc2C2(NC(=O)NS(=O)(=O)c3cccc(Cl)c3Cl)CC2c2ccccc2)cc1. The van der Waals surface area contributed by atoms with E-state index in [1.54, 1.807) is 12.4 Å². The molecule has 0 spiro atoms. The van der Waals surface area contributed by atoms with Gasteiger partial charge in [0.05, 0.1) is 16.7 Å². The first-order valence-electron chi connectivity index (χ1n) is 11.9. The number of rotatable bonds is 8. The second kappa shape index (κ2) is 10.3. The Morgan fingerprint density at radius 3 is 2.53 bits per heavy atom. The summed E-state index contributed by atoms with van der Waals surface area (Å²) in [5.74, 6) is 1.18. The summed E-state index contributed by atoms with van der Waals surface area (Å²) in [5.41, 5.74) is 0.857. The summed E-state index contributed by atoms with van der Waals surface area (Å²) in [4.78, 5) is 17.5. The molecule has 2 unspecified atom stereocenters. The topological polar surface area (TPSA) is 102 Å². The number of hydrogen-bond donors (Lipinski definition) is 2. The van der Waals surface area contributed by atoms with E-state index in [2.05, 4.69) is 15.0 Å². The second-order valence-corrected chi connectivity index (χ2v) is 11.2. The van der Waals surface area contributed by atoms with Crippen LogP contribution in [0.2, 0.25) is 10.0 Å². The summed E-state index contributed by atoms with van der Waals surface area (Å²) in [6.07, 6.45) is 3.97. The normalized spacial score (nSPS) is 18.6. The van der Waals surface area contributed by atoms with Gasteiger partial charge in [0.15, 0.2) is 0 Å². The predicted molar refractivity (Wildman–Crippen MR) is 146 cm³/mol. The van der Waals surface area contributed by atoms with Gasteiger partial charge in [-0.1, -0.05) is 59.6 Å². The summed E-state index contributed by atoms with van der Waals surface area (Å²) >= 11 is 12.1. The minimum Gasteiger partial charge on any atom is -0.494 e. The summed E-state index contributed by atoms with van der Waals surface area (Å²) < 4.78 is 35.5. The van der Waals surface area contributed by atoms with Crippen molar-refractivity contribution < 1.29 is 17.9 Å². The third kappa shape index (κ3) is 4.97. The Labute approximate surface area is 230 Å². The Morgan fingerprint density at radius 1 is 1.08 bits per heavy atom. The highest BCUT2D eigenvalue weighted by atomic mass is 35.5. The number of nitrogens with one attached hydrogen (secondary N) is 2. The lowest BCUT2D eigenvalue weighted by Gasteiger charge is -2.22. The van der Waals surface area contributed by atoms with Crippen molar-refractivity contribution in [1.82, 2.24) is 19.6 Å². The maximum absolute atomic E-state index is 13.2. The smallest absolute Gasteiger partial charge is 0.329 e. The molecule has 0 aliphatic heterocycles. The Bertz CT molecular complexity index is 1580. The van der Waals surface area contributed by atoms with Crippen molar-refractivity contribution >= 4 is 39.3 Å². The molecule has 0 saturated heterocycles. The predicted octanol–water partition coefficient (Wildman–Crippen LogP) is 5.65. The molecule has 2 atom stereocenters. The summed E-state index contributed by atoms with van der Waals surface area (Å²) in [7, 11) is -4.30. The van der Waals surface area contributed by atoms with Gasteiger partial charge in [0.25, 0.3) is 10.0 Å². The number of nitrogens with zero attached hydrogens (tertiary/aromatic N) is 2. The van der Waals surface area contributed by atoms with Crippen molar-refractivity contribution in [3.63, 3.8) is 0 Å². The minimum absolute atomic E-state index is 0.0649. The van der Waals surface area contributed by atoms with Gasteiger partial charge in [-0.05, 0) is 55.3 Å². The van der Waals surface area contributed by atoms with Gasteiger partial charge in [-0.2, -0.15) is 0 Å². The largest absolute Gasteiger partial charge is 0.494 e. The summed E-state index contributed by atoms with van der Waals surface area (Å²) in [5, 5.41) is 2.81. The van der Waals surface area contributed by atoms with E-state index < -0.39 is 21.6 Å². The Kier molecular flexibility index (Phi) is 7.09. The van der Waals surface area contributed by atoms with E-state index in [0.29, 0.717) is 18.9 Å². The van der Waals surface area contributed by atoms with Gasteiger partial charge < -0.3 is 14.6 Å². The molecule has 11 heteroatoms. The molecule has 1 aromatic heterocycles. The first-order chi connectivity index (χ1) is 18.2. The summed E-state index contributed by atoms with van der Waals surface area (Å²) in [6, 6.07) is 20.5. The molecule has 196 valence electrons. The molecule has 3 aromatic carbocycles. The van der Waals surface area contributed by atoms with Crippen LogP contribution in [0.5, 0.6) is 5.75 Å². The fourth-order valence-corrected chi connectivity index (χ4v) is 6.27. The molecule has 2 N–H and O–H groups in total. The number of benzene rings is 3. The van der Waals surface area contributed by atoms with Gasteiger partial charge >= 0.3 is 6.03 Å². The summed E-state index contributed by atoms with van der Waals surface area (Å²) in [6.45, 7) is 2.47. The van der Waals surface area contributed by atoms with Gasteiger partial charge in [0.1, 0.15) is 22.0 Å². The lowest BCUT2D eigenvalue weighted by atomic mass is 10.1. The van der Waals surface area contributed by atoms with Crippen LogP contribution in [0.1, 0.15) is 30.7 Å². The van der Waals surface area contributed by atoms with Gasteiger partial charge in [-0.25, -0.2) is 22.9 Å². The van der Waals surface area contributed by atoms with Crippen LogP contribution in [0.15, 0.2) is 90.1 Å². The Morgan fingerprint density at radius 2 is 1.82 bits per heavy atom. The van der Waals surface area contributed by atoms with E-state index in [1.807, 2.05) is 66.1 Å². The zero-order chi connectivity index (χ0) is 26.9. The van der Waals surface area contributed by atoms with E-state index in [4.69, 9.17) is 27.9 Å². The molecule has 38 heavy (non-hydrogen) atoms. The second-order valence-electron chi connectivity index (χ2n) is 8.80. The van der Waals surface area contributed by atoms with E-state index >= 15 is 0 Å². The van der Waals surface area contributed by atoms with Gasteiger partial charge in [-0.3, -0.25) is 0 Å². The fraction of sp³-hybridized carbons (Fsp3) is 0.185. The average Bonchev–Trinajstić information content (AvgIpc) is 3.38. The Hall–Kier alpha value is -3.53. The van der Waals surface area contributed by atoms with Crippen molar-refractivity contribution in [3.8, 4) is 11.4 Å². The van der Waals surface area contributed by atoms with Crippen molar-refractivity contribution in [2.45, 2.75) is 29.7 Å². The molecule has 1 aliphatic rings. The van der Waals surface area contributed by atoms with Gasteiger partial charge in [0.2, 0.25) is 0 Å². The molecule has 1 saturated carbocycles. The van der Waals surface area contributed by atoms with Crippen LogP contribution in [0, 0.1) is 0 Å². The quantitative estimate of drug-likeness (QED) is 0.285. The van der Waals surface area contributed by atoms with Crippen molar-refractivity contribution in [1.29, 1.82) is 0 Å². The third-order valence-corrected chi connectivity index (χ3v) is 8.70. The molecular weight excluding hydrogens is 547 g/mol. The van der Waals surface area contributed by atoms with Crippen LogP contribution in [0.25, 0.3) is 5.69 Å². The Balaban J connectivity index is 1.48. The minimum atomic E-state index is -4.30. The number of carbonyl (C=O) groups is 1. The first kappa shape index (κ1) is 26.1. The number of aromatic nitrogens is 2. The zero-order valence-electron chi connectivity index (χ0n) is 20.3. The molecule has 1 aliphatic carbocycles. The molecule has 2 amide bonds. The standard InChI is InChI=1S/C27H24Cl2N4O4S/c1-2-37-20-13-11-19(12-14-20)33-16-15-30-25(33)27(17-21(27)18-7-4-3-5-8-18)31-26(34)32-38(35,36)23-10-6-9-22(28)24(23)29/h3-16,21H,2,17H2,1H3,(H2,31,32,34). The van der Waals surface area contributed by atoms with E-state index in [0.717, 1.165) is 17.0 Å². The molecule has 1 heterocycles. The fourth-order valence-electron chi connectivity index (χ4n) is 4.60. The zero-order valence-corrected chi connectivity index (χ0v) is 22.6. The molecular formula is C27H24Cl2N4O4S. The van der Waals surface area contributed by atoms with E-state index in [-0.39, 0.29) is 20.9 Å². The number of hydrogen-bond acceptors (Lipinski definition) is 5. The van der Waals surface area contributed by atoms with Crippen LogP contribution in [0.4, 0.5) is 4.79 Å². The third-order valence-electron chi connectivity index (χ3n) is 6.40. The van der Waals surface area contributed by atoms with Crippen molar-refractivity contribution in [3.05, 3.63) is 107 Å². The number of sulfonamides is 1. The number of carbonyl (C=O) groups excluding carboxylic acids is 1. The van der Waals surface area contributed by atoms with Crippen LogP contribution in [0.3, 0.4) is 0 Å². The average molecular weight is 571 g/mol. The van der Waals surface area contributed by atoms with E-state index in [9.17, 15) is 13.2 Å². The maximum Gasteiger partial charge on any atom is 0.329 e.